The van der Waals surface area contributed by atoms with Crippen LogP contribution in [0.1, 0.15) is 30.9 Å². The maximum Gasteiger partial charge on any atom is 0.244 e. The van der Waals surface area contributed by atoms with Crippen LogP contribution in [0.3, 0.4) is 0 Å². The first-order chi connectivity index (χ1) is 9.75. The Balaban J connectivity index is 1.61. The SMILES string of the molecule is NC(C(=O)N1CCC(N2CCCC2)C1)c1ccccc1. The lowest BCUT2D eigenvalue weighted by Crippen LogP contribution is -2.40. The molecule has 2 saturated heterocycles. The Kier molecular flexibility index (Phi) is 4.03. The molecular weight excluding hydrogens is 250 g/mol. The smallest absolute Gasteiger partial charge is 0.244 e. The number of rotatable bonds is 3. The number of carbonyl (C=O) groups excluding carboxylic acids is 1. The average molecular weight is 273 g/mol. The number of amides is 1. The standard InChI is InChI=1S/C16H23N3O/c17-15(13-6-2-1-3-7-13)16(20)19-11-8-14(12-19)18-9-4-5-10-18/h1-3,6-7,14-15H,4-5,8-12,17H2. The quantitative estimate of drug-likeness (QED) is 0.905. The molecule has 1 amide bonds. The summed E-state index contributed by atoms with van der Waals surface area (Å²) < 4.78 is 0. The van der Waals surface area contributed by atoms with Gasteiger partial charge in [-0.2, -0.15) is 0 Å². The Morgan fingerprint density at radius 3 is 2.55 bits per heavy atom. The van der Waals surface area contributed by atoms with Crippen molar-refractivity contribution in [2.24, 2.45) is 5.73 Å². The molecule has 0 spiro atoms. The summed E-state index contributed by atoms with van der Waals surface area (Å²) in [5, 5.41) is 0. The van der Waals surface area contributed by atoms with Gasteiger partial charge < -0.3 is 10.6 Å². The highest BCUT2D eigenvalue weighted by Crippen LogP contribution is 2.23. The van der Waals surface area contributed by atoms with Crippen molar-refractivity contribution >= 4 is 5.91 Å². The number of hydrogen-bond donors (Lipinski definition) is 1. The van der Waals surface area contributed by atoms with E-state index in [4.69, 9.17) is 5.73 Å². The summed E-state index contributed by atoms with van der Waals surface area (Å²) in [6, 6.07) is 9.68. The second kappa shape index (κ2) is 5.94. The third-order valence-electron chi connectivity index (χ3n) is 4.56. The topological polar surface area (TPSA) is 49.6 Å². The van der Waals surface area contributed by atoms with Crippen molar-refractivity contribution in [1.29, 1.82) is 0 Å². The minimum atomic E-state index is -0.520. The molecule has 2 N–H and O–H groups in total. The first-order valence-corrected chi connectivity index (χ1v) is 7.59. The summed E-state index contributed by atoms with van der Waals surface area (Å²) in [6.07, 6.45) is 3.69. The Labute approximate surface area is 120 Å². The van der Waals surface area contributed by atoms with Crippen molar-refractivity contribution < 1.29 is 4.79 Å². The zero-order chi connectivity index (χ0) is 13.9. The van der Waals surface area contributed by atoms with E-state index >= 15 is 0 Å². The lowest BCUT2D eigenvalue weighted by atomic mass is 10.1. The molecule has 2 fully saturated rings. The molecule has 0 aromatic heterocycles. The molecule has 20 heavy (non-hydrogen) atoms. The van der Waals surface area contributed by atoms with E-state index in [-0.39, 0.29) is 5.91 Å². The summed E-state index contributed by atoms with van der Waals surface area (Å²) >= 11 is 0. The second-order valence-electron chi connectivity index (χ2n) is 5.86. The van der Waals surface area contributed by atoms with Crippen molar-refractivity contribution in [3.05, 3.63) is 35.9 Å². The summed E-state index contributed by atoms with van der Waals surface area (Å²) in [4.78, 5) is 17.0. The van der Waals surface area contributed by atoms with E-state index in [2.05, 4.69) is 4.90 Å². The third kappa shape index (κ3) is 2.72. The lowest BCUT2D eigenvalue weighted by molar-refractivity contribution is -0.131. The van der Waals surface area contributed by atoms with Crippen molar-refractivity contribution in [3.8, 4) is 0 Å². The Morgan fingerprint density at radius 1 is 1.15 bits per heavy atom. The van der Waals surface area contributed by atoms with E-state index in [9.17, 15) is 4.79 Å². The monoisotopic (exact) mass is 273 g/mol. The van der Waals surface area contributed by atoms with Gasteiger partial charge >= 0.3 is 0 Å². The van der Waals surface area contributed by atoms with Crippen LogP contribution in [0, 0.1) is 0 Å². The molecule has 4 nitrogen and oxygen atoms in total. The number of carbonyl (C=O) groups is 1. The van der Waals surface area contributed by atoms with Crippen LogP contribution >= 0.6 is 0 Å². The van der Waals surface area contributed by atoms with Gasteiger partial charge in [-0.15, -0.1) is 0 Å². The lowest BCUT2D eigenvalue weighted by Gasteiger charge is -2.25. The minimum Gasteiger partial charge on any atom is -0.339 e. The van der Waals surface area contributed by atoms with E-state index in [0.29, 0.717) is 6.04 Å². The molecule has 2 unspecified atom stereocenters. The molecule has 2 aliphatic rings. The fourth-order valence-electron chi connectivity index (χ4n) is 3.35. The Morgan fingerprint density at radius 2 is 1.85 bits per heavy atom. The maximum atomic E-state index is 12.5. The van der Waals surface area contributed by atoms with Gasteiger partial charge in [-0.25, -0.2) is 0 Å². The number of benzene rings is 1. The number of hydrogen-bond acceptors (Lipinski definition) is 3. The van der Waals surface area contributed by atoms with Crippen LogP contribution in [0.5, 0.6) is 0 Å². The average Bonchev–Trinajstić information content (AvgIpc) is 3.17. The molecule has 0 radical (unpaired) electrons. The van der Waals surface area contributed by atoms with Crippen LogP contribution < -0.4 is 5.73 Å². The van der Waals surface area contributed by atoms with Gasteiger partial charge in [-0.3, -0.25) is 9.69 Å². The highest BCUT2D eigenvalue weighted by atomic mass is 16.2. The molecule has 108 valence electrons. The number of nitrogens with zero attached hydrogens (tertiary/aromatic N) is 2. The zero-order valence-corrected chi connectivity index (χ0v) is 11.9. The number of likely N-dealkylation sites (tertiary alicyclic amines) is 2. The van der Waals surface area contributed by atoms with Gasteiger partial charge in [-0.1, -0.05) is 30.3 Å². The third-order valence-corrected chi connectivity index (χ3v) is 4.56. The summed E-state index contributed by atoms with van der Waals surface area (Å²) in [6.45, 7) is 4.08. The normalized spacial score (nSPS) is 25.1. The van der Waals surface area contributed by atoms with E-state index < -0.39 is 6.04 Å². The van der Waals surface area contributed by atoms with Crippen molar-refractivity contribution in [2.75, 3.05) is 26.2 Å². The van der Waals surface area contributed by atoms with Crippen molar-refractivity contribution in [2.45, 2.75) is 31.3 Å². The van der Waals surface area contributed by atoms with Gasteiger partial charge in [0.25, 0.3) is 0 Å². The van der Waals surface area contributed by atoms with E-state index in [0.717, 1.165) is 25.1 Å². The predicted octanol–water partition coefficient (Wildman–Crippen LogP) is 1.38. The molecule has 0 saturated carbocycles. The molecule has 3 rings (SSSR count). The molecule has 4 heteroatoms. The van der Waals surface area contributed by atoms with Crippen LogP contribution in [-0.2, 0) is 4.79 Å². The first kappa shape index (κ1) is 13.6. The summed E-state index contributed by atoms with van der Waals surface area (Å²) in [5.74, 6) is 0.0675. The van der Waals surface area contributed by atoms with Gasteiger partial charge in [0.2, 0.25) is 5.91 Å². The van der Waals surface area contributed by atoms with E-state index in [1.165, 1.54) is 25.9 Å². The fourth-order valence-corrected chi connectivity index (χ4v) is 3.35. The van der Waals surface area contributed by atoms with E-state index in [1.54, 1.807) is 0 Å². The molecule has 2 atom stereocenters. The van der Waals surface area contributed by atoms with E-state index in [1.807, 2.05) is 35.2 Å². The minimum absolute atomic E-state index is 0.0675. The zero-order valence-electron chi connectivity index (χ0n) is 11.9. The fraction of sp³-hybridized carbons (Fsp3) is 0.562. The Hall–Kier alpha value is -1.39. The van der Waals surface area contributed by atoms with Crippen LogP contribution in [-0.4, -0.2) is 47.9 Å². The molecule has 2 heterocycles. The summed E-state index contributed by atoms with van der Waals surface area (Å²) in [5.41, 5.74) is 7.02. The van der Waals surface area contributed by atoms with Crippen LogP contribution in [0.15, 0.2) is 30.3 Å². The molecule has 0 aliphatic carbocycles. The van der Waals surface area contributed by atoms with Gasteiger partial charge in [0.05, 0.1) is 0 Å². The maximum absolute atomic E-state index is 12.5. The van der Waals surface area contributed by atoms with Crippen LogP contribution in [0.2, 0.25) is 0 Å². The Bertz CT molecular complexity index is 456. The highest BCUT2D eigenvalue weighted by molar-refractivity contribution is 5.83. The van der Waals surface area contributed by atoms with Gasteiger partial charge in [0.15, 0.2) is 0 Å². The van der Waals surface area contributed by atoms with Crippen LogP contribution in [0.25, 0.3) is 0 Å². The molecule has 2 aliphatic heterocycles. The second-order valence-corrected chi connectivity index (χ2v) is 5.86. The summed E-state index contributed by atoms with van der Waals surface area (Å²) in [7, 11) is 0. The van der Waals surface area contributed by atoms with Crippen molar-refractivity contribution in [3.63, 3.8) is 0 Å². The van der Waals surface area contributed by atoms with Gasteiger partial charge in [0.1, 0.15) is 6.04 Å². The molecule has 0 bridgehead atoms. The number of nitrogens with two attached hydrogens (primary N) is 1. The van der Waals surface area contributed by atoms with Gasteiger partial charge in [-0.05, 0) is 37.9 Å². The van der Waals surface area contributed by atoms with Gasteiger partial charge in [0, 0.05) is 19.1 Å². The molecular formula is C16H23N3O. The van der Waals surface area contributed by atoms with Crippen LogP contribution in [0.4, 0.5) is 0 Å². The van der Waals surface area contributed by atoms with Crippen molar-refractivity contribution in [1.82, 2.24) is 9.80 Å². The molecule has 1 aromatic rings. The predicted molar refractivity (Wildman–Crippen MR) is 79.2 cm³/mol. The highest BCUT2D eigenvalue weighted by Gasteiger charge is 2.33. The molecule has 1 aromatic carbocycles. The largest absolute Gasteiger partial charge is 0.339 e. The first-order valence-electron chi connectivity index (χ1n) is 7.59.